The predicted molar refractivity (Wildman–Crippen MR) is 121 cm³/mol. The van der Waals surface area contributed by atoms with Gasteiger partial charge in [0.25, 0.3) is 11.5 Å². The molecule has 1 heterocycles. The van der Waals surface area contributed by atoms with Gasteiger partial charge in [0, 0.05) is 24.1 Å². The molecule has 208 valence electrons. The zero-order valence-electron chi connectivity index (χ0n) is 19.9. The summed E-state index contributed by atoms with van der Waals surface area (Å²) in [6.07, 6.45) is -10.7. The number of alkyl halides is 6. The van der Waals surface area contributed by atoms with Crippen LogP contribution in [0.25, 0.3) is 0 Å². The van der Waals surface area contributed by atoms with Crippen LogP contribution in [0, 0.1) is 16.7 Å². The number of hydrogen-bond donors (Lipinski definition) is 2. The number of amides is 2. The molecule has 0 radical (unpaired) electrons. The number of halogens is 6. The zero-order valence-corrected chi connectivity index (χ0v) is 20.7. The maximum absolute atomic E-state index is 13.3. The highest BCUT2D eigenvalue weighted by molar-refractivity contribution is 7.90. The Labute approximate surface area is 217 Å². The molecular formula is C24H19F6N3O5S. The van der Waals surface area contributed by atoms with Gasteiger partial charge in [-0.15, -0.1) is 0 Å². The van der Waals surface area contributed by atoms with Crippen molar-refractivity contribution in [3.63, 3.8) is 0 Å². The van der Waals surface area contributed by atoms with E-state index in [1.165, 1.54) is 18.2 Å². The Balaban J connectivity index is 1.67. The number of sulfone groups is 1. The molecule has 1 fully saturated rings. The van der Waals surface area contributed by atoms with Crippen molar-refractivity contribution in [2.45, 2.75) is 48.3 Å². The Morgan fingerprint density at radius 1 is 1.05 bits per heavy atom. The van der Waals surface area contributed by atoms with Crippen LogP contribution in [0.2, 0.25) is 0 Å². The lowest BCUT2D eigenvalue weighted by atomic mass is 9.92. The summed E-state index contributed by atoms with van der Waals surface area (Å²) in [6, 6.07) is 6.55. The van der Waals surface area contributed by atoms with Crippen LogP contribution in [0.4, 0.5) is 32.0 Å². The Hall–Kier alpha value is -3.64. The Morgan fingerprint density at radius 3 is 2.08 bits per heavy atom. The highest BCUT2D eigenvalue weighted by atomic mass is 32.2. The van der Waals surface area contributed by atoms with Gasteiger partial charge in [-0.05, 0) is 48.2 Å². The molecule has 1 saturated carbocycles. The van der Waals surface area contributed by atoms with Gasteiger partial charge >= 0.3 is 12.4 Å². The second kappa shape index (κ2) is 8.95. The van der Waals surface area contributed by atoms with Gasteiger partial charge in [0.1, 0.15) is 11.5 Å². The van der Waals surface area contributed by atoms with E-state index >= 15 is 0 Å². The fourth-order valence-corrected chi connectivity index (χ4v) is 5.07. The standard InChI is InChI=1S/C24H19F6N3O5S/c1-39(37,38)16-6-7-17-13(10-16)11-33(20(35)21(12-31)8-9-21)18(17)19(34)32-15-4-2-14(3-5-15)22(36,23(25,26)27)24(28,29)30/h2-7,10,18,36H,8-9,11H2,1H3,(H,32,34)/t18-/m0/s1. The zero-order chi connectivity index (χ0) is 29.2. The summed E-state index contributed by atoms with van der Waals surface area (Å²) >= 11 is 0. The Bertz CT molecular complexity index is 1480. The first kappa shape index (κ1) is 28.4. The number of benzene rings is 2. The van der Waals surface area contributed by atoms with Crippen LogP contribution in [0.5, 0.6) is 0 Å². The fourth-order valence-electron chi connectivity index (χ4n) is 4.40. The summed E-state index contributed by atoms with van der Waals surface area (Å²) in [6.45, 7) is -0.206. The van der Waals surface area contributed by atoms with E-state index in [1.54, 1.807) is 0 Å². The molecule has 2 N–H and O–H groups in total. The maximum Gasteiger partial charge on any atom is 0.430 e. The highest BCUT2D eigenvalue weighted by Gasteiger charge is 2.71. The lowest BCUT2D eigenvalue weighted by molar-refractivity contribution is -0.376. The van der Waals surface area contributed by atoms with E-state index in [1.807, 2.05) is 6.07 Å². The third-order valence-electron chi connectivity index (χ3n) is 6.76. The number of carbonyl (C=O) groups is 2. The van der Waals surface area contributed by atoms with Crippen LogP contribution in [-0.4, -0.2) is 48.8 Å². The number of carbonyl (C=O) groups excluding carboxylic acids is 2. The lowest BCUT2D eigenvalue weighted by Crippen LogP contribution is -2.53. The van der Waals surface area contributed by atoms with Crippen molar-refractivity contribution in [3.05, 3.63) is 59.2 Å². The average Bonchev–Trinajstić information content (AvgIpc) is 3.54. The SMILES string of the molecule is CS(=O)(=O)c1ccc2c(c1)CN(C(=O)C1(C#N)CC1)[C@@H]2C(=O)Nc1ccc(C(O)(C(F)(F)F)C(F)(F)F)cc1. The molecule has 15 heteroatoms. The van der Waals surface area contributed by atoms with Crippen molar-refractivity contribution in [2.24, 2.45) is 5.41 Å². The van der Waals surface area contributed by atoms with Gasteiger partial charge in [0.2, 0.25) is 5.91 Å². The first-order valence-electron chi connectivity index (χ1n) is 11.2. The number of anilines is 1. The van der Waals surface area contributed by atoms with Gasteiger partial charge in [-0.25, -0.2) is 8.42 Å². The van der Waals surface area contributed by atoms with Crippen LogP contribution in [0.3, 0.4) is 0 Å². The Morgan fingerprint density at radius 2 is 1.62 bits per heavy atom. The normalized spacial score (nSPS) is 18.7. The molecule has 2 amide bonds. The number of nitrogens with one attached hydrogen (secondary N) is 1. The highest BCUT2D eigenvalue weighted by Crippen LogP contribution is 2.51. The van der Waals surface area contributed by atoms with Crippen LogP contribution in [-0.2, 0) is 31.6 Å². The van der Waals surface area contributed by atoms with Crippen molar-refractivity contribution in [3.8, 4) is 6.07 Å². The minimum Gasteiger partial charge on any atom is -0.369 e. The molecule has 8 nitrogen and oxygen atoms in total. The number of rotatable bonds is 5. The summed E-state index contributed by atoms with van der Waals surface area (Å²) in [4.78, 5) is 27.5. The van der Waals surface area contributed by atoms with E-state index in [0.29, 0.717) is 17.7 Å². The number of nitrogens with zero attached hydrogens (tertiary/aromatic N) is 2. The molecule has 0 aromatic heterocycles. The van der Waals surface area contributed by atoms with Crippen LogP contribution >= 0.6 is 0 Å². The first-order valence-corrected chi connectivity index (χ1v) is 13.1. The van der Waals surface area contributed by atoms with E-state index in [2.05, 4.69) is 5.32 Å². The number of fused-ring (bicyclic) bond motifs is 1. The van der Waals surface area contributed by atoms with Gasteiger partial charge in [-0.3, -0.25) is 9.59 Å². The van der Waals surface area contributed by atoms with Gasteiger partial charge in [0.15, 0.2) is 9.84 Å². The molecule has 39 heavy (non-hydrogen) atoms. The summed E-state index contributed by atoms with van der Waals surface area (Å²) in [5, 5.41) is 21.3. The van der Waals surface area contributed by atoms with Crippen molar-refractivity contribution in [1.82, 2.24) is 4.90 Å². The first-order chi connectivity index (χ1) is 17.9. The van der Waals surface area contributed by atoms with E-state index in [0.717, 1.165) is 23.3 Å². The number of hydrogen-bond acceptors (Lipinski definition) is 6. The Kier molecular flexibility index (Phi) is 6.51. The van der Waals surface area contributed by atoms with E-state index in [4.69, 9.17) is 0 Å². The smallest absolute Gasteiger partial charge is 0.369 e. The summed E-state index contributed by atoms with van der Waals surface area (Å²) in [5.74, 6) is -1.57. The molecule has 0 unspecified atom stereocenters. The summed E-state index contributed by atoms with van der Waals surface area (Å²) in [5.41, 5.74) is -7.71. The molecule has 1 aliphatic heterocycles. The van der Waals surface area contributed by atoms with E-state index in [-0.39, 0.29) is 35.5 Å². The maximum atomic E-state index is 13.3. The minimum atomic E-state index is -6.09. The molecule has 0 bridgehead atoms. The van der Waals surface area contributed by atoms with Crippen molar-refractivity contribution >= 4 is 27.3 Å². The largest absolute Gasteiger partial charge is 0.430 e. The average molecular weight is 575 g/mol. The second-order valence-corrected chi connectivity index (χ2v) is 11.5. The third-order valence-corrected chi connectivity index (χ3v) is 7.87. The summed E-state index contributed by atoms with van der Waals surface area (Å²) in [7, 11) is -3.64. The molecule has 1 aliphatic carbocycles. The minimum absolute atomic E-state index is 0.0754. The van der Waals surface area contributed by atoms with Gasteiger partial charge < -0.3 is 15.3 Å². The number of nitriles is 1. The number of aliphatic hydroxyl groups is 1. The van der Waals surface area contributed by atoms with E-state index in [9.17, 15) is 54.7 Å². The van der Waals surface area contributed by atoms with Gasteiger partial charge in [-0.1, -0.05) is 18.2 Å². The summed E-state index contributed by atoms with van der Waals surface area (Å²) < 4.78 is 103. The topological polar surface area (TPSA) is 128 Å². The van der Waals surface area contributed by atoms with Gasteiger partial charge in [-0.2, -0.15) is 31.6 Å². The molecule has 0 saturated heterocycles. The van der Waals surface area contributed by atoms with Crippen LogP contribution < -0.4 is 5.32 Å². The quantitative estimate of drug-likeness (QED) is 0.524. The van der Waals surface area contributed by atoms with E-state index < -0.39 is 56.6 Å². The molecule has 4 rings (SSSR count). The monoisotopic (exact) mass is 575 g/mol. The van der Waals surface area contributed by atoms with Gasteiger partial charge in [0.05, 0.1) is 11.0 Å². The van der Waals surface area contributed by atoms with Crippen molar-refractivity contribution in [1.29, 1.82) is 5.26 Å². The molecule has 2 aliphatic rings. The molecule has 0 spiro atoms. The van der Waals surface area contributed by atoms with Crippen molar-refractivity contribution in [2.75, 3.05) is 11.6 Å². The molecule has 1 atom stereocenters. The lowest BCUT2D eigenvalue weighted by Gasteiger charge is -2.32. The third kappa shape index (κ3) is 4.71. The van der Waals surface area contributed by atoms with Crippen LogP contribution in [0.15, 0.2) is 47.4 Å². The second-order valence-electron chi connectivity index (χ2n) is 9.43. The molecule has 2 aromatic carbocycles. The fraction of sp³-hybridized carbons (Fsp3) is 0.375. The van der Waals surface area contributed by atoms with Crippen LogP contribution in [0.1, 0.15) is 35.6 Å². The molecule has 2 aromatic rings. The predicted octanol–water partition coefficient (Wildman–Crippen LogP) is 3.73. The molecular weight excluding hydrogens is 556 g/mol. The van der Waals surface area contributed by atoms with Crippen molar-refractivity contribution < 1.29 is 49.5 Å².